The molecule has 0 amide bonds. The highest BCUT2D eigenvalue weighted by atomic mass is 32.2. The van der Waals surface area contributed by atoms with Crippen molar-refractivity contribution in [2.24, 2.45) is 0 Å². The van der Waals surface area contributed by atoms with Gasteiger partial charge in [0.15, 0.2) is 5.69 Å². The third-order valence-corrected chi connectivity index (χ3v) is 3.54. The Morgan fingerprint density at radius 3 is 2.20 bits per heavy atom. The number of ether oxygens (including phenoxy) is 2. The van der Waals surface area contributed by atoms with Crippen LogP contribution in [-0.4, -0.2) is 36.9 Å². The van der Waals surface area contributed by atoms with E-state index in [1.54, 1.807) is 0 Å². The van der Waals surface area contributed by atoms with Crippen molar-refractivity contribution in [3.8, 4) is 0 Å². The van der Waals surface area contributed by atoms with Gasteiger partial charge in [0.05, 0.1) is 24.8 Å². The molecular weight excluding hydrogens is 373 g/mol. The van der Waals surface area contributed by atoms with Crippen LogP contribution in [0.2, 0.25) is 0 Å². The van der Waals surface area contributed by atoms with E-state index in [4.69, 9.17) is 0 Å². The van der Waals surface area contributed by atoms with Crippen molar-refractivity contribution < 1.29 is 41.0 Å². The van der Waals surface area contributed by atoms with Crippen molar-refractivity contribution in [3.63, 3.8) is 0 Å². The second-order valence-corrected chi connectivity index (χ2v) is 5.38. The maximum Gasteiger partial charge on any atom is 0.434 e. The molecule has 0 aliphatic carbocycles. The van der Waals surface area contributed by atoms with E-state index in [2.05, 4.69) is 14.5 Å². The maximum absolute atomic E-state index is 13.3. The van der Waals surface area contributed by atoms with Gasteiger partial charge in [-0.05, 0) is 18.7 Å². The Balaban J connectivity index is 3.98. The zero-order valence-corrected chi connectivity index (χ0v) is 14.2. The van der Waals surface area contributed by atoms with Crippen LogP contribution in [0.1, 0.15) is 51.0 Å². The number of esters is 2. The topological polar surface area (TPSA) is 65.5 Å². The van der Waals surface area contributed by atoms with Crippen LogP contribution in [0.4, 0.5) is 22.0 Å². The van der Waals surface area contributed by atoms with Crippen LogP contribution in [0, 0.1) is 0 Å². The van der Waals surface area contributed by atoms with Gasteiger partial charge in [-0.1, -0.05) is 0 Å². The molecule has 0 N–H and O–H groups in total. The summed E-state index contributed by atoms with van der Waals surface area (Å²) in [6.07, 6.45) is -7.22. The minimum absolute atomic E-state index is 0.200. The molecular formula is C14H14F5NO4S. The van der Waals surface area contributed by atoms with E-state index in [9.17, 15) is 31.5 Å². The van der Waals surface area contributed by atoms with Crippen molar-refractivity contribution in [2.45, 2.75) is 25.3 Å². The minimum atomic E-state index is -5.20. The van der Waals surface area contributed by atoms with Gasteiger partial charge >= 0.3 is 18.1 Å². The number of nitrogens with zero attached hydrogens (tertiary/aromatic N) is 1. The molecule has 1 aromatic heterocycles. The maximum atomic E-state index is 13.3. The molecule has 0 bridgehead atoms. The molecule has 0 aromatic carbocycles. The summed E-state index contributed by atoms with van der Waals surface area (Å²) < 4.78 is 75.3. The zero-order valence-electron chi connectivity index (χ0n) is 13.4. The van der Waals surface area contributed by atoms with Gasteiger partial charge < -0.3 is 9.47 Å². The molecule has 0 saturated heterocycles. The highest BCUT2D eigenvalue weighted by Crippen LogP contribution is 2.38. The molecule has 0 radical (unpaired) electrons. The average molecular weight is 387 g/mol. The lowest BCUT2D eigenvalue weighted by molar-refractivity contribution is -0.142. The molecule has 1 heterocycles. The predicted molar refractivity (Wildman–Crippen MR) is 78.7 cm³/mol. The molecule has 0 unspecified atom stereocenters. The summed E-state index contributed by atoms with van der Waals surface area (Å²) in [6, 6.07) is 0. The molecule has 140 valence electrons. The Kier molecular flexibility index (Phi) is 7.15. The molecule has 0 atom stereocenters. The highest BCUT2D eigenvalue weighted by molar-refractivity contribution is 7.97. The Morgan fingerprint density at radius 2 is 1.80 bits per heavy atom. The number of aromatic nitrogens is 1. The molecule has 0 spiro atoms. The van der Waals surface area contributed by atoms with Crippen LogP contribution in [0.15, 0.2) is 0 Å². The van der Waals surface area contributed by atoms with Crippen molar-refractivity contribution >= 4 is 23.7 Å². The molecule has 0 saturated carbocycles. The molecule has 0 aliphatic rings. The molecule has 11 heteroatoms. The second kappa shape index (κ2) is 8.45. The number of rotatable bonds is 6. The fourth-order valence-electron chi connectivity index (χ4n) is 2.06. The van der Waals surface area contributed by atoms with E-state index in [1.807, 2.05) is 0 Å². The standard InChI is InChI=1S/C14H14F5NO4S/c1-4-24-13(22)7-6(5-25-3)8(12(21)23-2)10(14(17,18)19)20-9(7)11(15)16/h11H,4-5H2,1-3H3. The second-order valence-electron chi connectivity index (χ2n) is 4.52. The Labute approximate surface area is 143 Å². The van der Waals surface area contributed by atoms with Crippen molar-refractivity contribution in [1.29, 1.82) is 0 Å². The molecule has 5 nitrogen and oxygen atoms in total. The first kappa shape index (κ1) is 21.1. The lowest BCUT2D eigenvalue weighted by atomic mass is 9.98. The van der Waals surface area contributed by atoms with Gasteiger partial charge in [-0.2, -0.15) is 24.9 Å². The van der Waals surface area contributed by atoms with E-state index in [0.29, 0.717) is 0 Å². The predicted octanol–water partition coefficient (Wildman–Crippen LogP) is 3.86. The summed E-state index contributed by atoms with van der Waals surface area (Å²) >= 11 is 0.931. The van der Waals surface area contributed by atoms with E-state index < -0.39 is 52.6 Å². The number of hydrogen-bond donors (Lipinski definition) is 0. The van der Waals surface area contributed by atoms with Gasteiger partial charge in [0.25, 0.3) is 6.43 Å². The first-order valence-corrected chi connectivity index (χ1v) is 8.15. The van der Waals surface area contributed by atoms with Gasteiger partial charge in [0.1, 0.15) is 5.69 Å². The van der Waals surface area contributed by atoms with Crippen molar-refractivity contribution in [1.82, 2.24) is 4.98 Å². The number of hydrogen-bond acceptors (Lipinski definition) is 6. The van der Waals surface area contributed by atoms with Crippen LogP contribution in [0.25, 0.3) is 0 Å². The number of carbonyl (C=O) groups is 2. The van der Waals surface area contributed by atoms with Gasteiger partial charge in [-0.15, -0.1) is 0 Å². The Hall–Kier alpha value is -1.91. The number of methoxy groups -OCH3 is 1. The highest BCUT2D eigenvalue weighted by Gasteiger charge is 2.43. The molecule has 1 aromatic rings. The number of thioether (sulfide) groups is 1. The lowest BCUT2D eigenvalue weighted by Crippen LogP contribution is -2.24. The minimum Gasteiger partial charge on any atom is -0.465 e. The molecule has 0 fully saturated rings. The summed E-state index contributed by atoms with van der Waals surface area (Å²) in [5.74, 6) is -3.05. The van der Waals surface area contributed by atoms with E-state index in [0.717, 1.165) is 18.9 Å². The Bertz CT molecular complexity index is 664. The lowest BCUT2D eigenvalue weighted by Gasteiger charge is -2.20. The van der Waals surface area contributed by atoms with Crippen LogP contribution in [0.3, 0.4) is 0 Å². The van der Waals surface area contributed by atoms with Crippen molar-refractivity contribution in [3.05, 3.63) is 28.1 Å². The normalized spacial score (nSPS) is 11.6. The van der Waals surface area contributed by atoms with Gasteiger partial charge in [0.2, 0.25) is 0 Å². The van der Waals surface area contributed by atoms with E-state index in [1.165, 1.54) is 13.2 Å². The number of halogens is 5. The van der Waals surface area contributed by atoms with E-state index in [-0.39, 0.29) is 12.4 Å². The van der Waals surface area contributed by atoms with Crippen LogP contribution < -0.4 is 0 Å². The molecule has 1 rings (SSSR count). The van der Waals surface area contributed by atoms with Gasteiger partial charge in [-0.3, -0.25) is 0 Å². The fraction of sp³-hybridized carbons (Fsp3) is 0.500. The van der Waals surface area contributed by atoms with Crippen LogP contribution in [0.5, 0.6) is 0 Å². The summed E-state index contributed by atoms with van der Waals surface area (Å²) in [6.45, 7) is 1.20. The van der Waals surface area contributed by atoms with Crippen molar-refractivity contribution in [2.75, 3.05) is 20.0 Å². The first-order valence-electron chi connectivity index (χ1n) is 6.76. The largest absolute Gasteiger partial charge is 0.465 e. The van der Waals surface area contributed by atoms with E-state index >= 15 is 0 Å². The fourth-order valence-corrected chi connectivity index (χ4v) is 2.64. The quantitative estimate of drug-likeness (QED) is 0.546. The third-order valence-electron chi connectivity index (χ3n) is 2.96. The molecule has 0 aliphatic heterocycles. The zero-order chi connectivity index (χ0) is 19.4. The summed E-state index contributed by atoms with van der Waals surface area (Å²) in [5.41, 5.74) is -5.68. The summed E-state index contributed by atoms with van der Waals surface area (Å²) in [7, 11) is 0.830. The Morgan fingerprint density at radius 1 is 1.20 bits per heavy atom. The van der Waals surface area contributed by atoms with Crippen LogP contribution >= 0.6 is 11.8 Å². The number of alkyl halides is 5. The van der Waals surface area contributed by atoms with Crippen LogP contribution in [-0.2, 0) is 21.4 Å². The molecule has 25 heavy (non-hydrogen) atoms. The number of pyridine rings is 1. The SMILES string of the molecule is CCOC(=O)c1c(C(F)F)nc(C(F)(F)F)c(C(=O)OC)c1CSC. The smallest absolute Gasteiger partial charge is 0.434 e. The number of carbonyl (C=O) groups excluding carboxylic acids is 2. The monoisotopic (exact) mass is 387 g/mol. The average Bonchev–Trinajstić information content (AvgIpc) is 2.52. The van der Waals surface area contributed by atoms with Gasteiger partial charge in [-0.25, -0.2) is 23.4 Å². The summed E-state index contributed by atoms with van der Waals surface area (Å²) in [4.78, 5) is 26.8. The summed E-state index contributed by atoms with van der Waals surface area (Å²) in [5, 5.41) is 0. The van der Waals surface area contributed by atoms with Gasteiger partial charge in [0, 0.05) is 5.75 Å². The first-order chi connectivity index (χ1) is 11.6. The third kappa shape index (κ3) is 4.59.